The first kappa shape index (κ1) is 25.9. The lowest BCUT2D eigenvalue weighted by Crippen LogP contribution is -2.49. The molecule has 0 saturated heterocycles. The number of halogens is 3. The summed E-state index contributed by atoms with van der Waals surface area (Å²) < 4.78 is 28.8. The molecule has 4 nitrogen and oxygen atoms in total. The smallest absolute Gasteiger partial charge is 0.320 e. The second-order valence-corrected chi connectivity index (χ2v) is 9.69. The van der Waals surface area contributed by atoms with Crippen molar-refractivity contribution in [3.8, 4) is 0 Å². The van der Waals surface area contributed by atoms with Crippen LogP contribution in [-0.2, 0) is 12.1 Å². The average Bonchev–Trinajstić information content (AvgIpc) is 3.26. The molecule has 0 radical (unpaired) electrons. The molecule has 0 aliphatic carbocycles. The summed E-state index contributed by atoms with van der Waals surface area (Å²) in [5, 5.41) is 4.15. The van der Waals surface area contributed by atoms with Crippen LogP contribution in [0.1, 0.15) is 29.5 Å². The van der Waals surface area contributed by atoms with Crippen molar-refractivity contribution in [3.05, 3.63) is 112 Å². The van der Waals surface area contributed by atoms with Crippen LogP contribution in [0.25, 0.3) is 5.57 Å². The maximum absolute atomic E-state index is 14.8. The van der Waals surface area contributed by atoms with Crippen LogP contribution < -0.4 is 5.32 Å². The highest BCUT2D eigenvalue weighted by Gasteiger charge is 2.45. The van der Waals surface area contributed by atoms with Crippen molar-refractivity contribution in [1.82, 2.24) is 15.1 Å². The molecule has 3 aromatic rings. The molecular weight excluding hydrogens is 480 g/mol. The SMILES string of the molecule is CN(C)C(=O)N1CC(c2cc(F)ccc2F)=CC1(CCCNCc1ccc(Cl)cc1)c1ccccc1. The molecule has 1 unspecified atom stereocenters. The summed E-state index contributed by atoms with van der Waals surface area (Å²) in [6.07, 6.45) is 3.32. The number of rotatable bonds is 8. The maximum atomic E-state index is 14.8. The number of nitrogens with one attached hydrogen (secondary N) is 1. The Labute approximate surface area is 216 Å². The summed E-state index contributed by atoms with van der Waals surface area (Å²) in [6.45, 7) is 1.61. The van der Waals surface area contributed by atoms with Crippen molar-refractivity contribution in [2.75, 3.05) is 27.2 Å². The maximum Gasteiger partial charge on any atom is 0.320 e. The van der Waals surface area contributed by atoms with Crippen molar-refractivity contribution in [1.29, 1.82) is 0 Å². The van der Waals surface area contributed by atoms with Gasteiger partial charge < -0.3 is 15.1 Å². The van der Waals surface area contributed by atoms with E-state index in [0.29, 0.717) is 23.6 Å². The number of hydrogen-bond acceptors (Lipinski definition) is 2. The van der Waals surface area contributed by atoms with Crippen molar-refractivity contribution in [2.24, 2.45) is 0 Å². The fraction of sp³-hybridized carbons (Fsp3) is 0.276. The number of carbonyl (C=O) groups excluding carboxylic acids is 1. The predicted molar refractivity (Wildman–Crippen MR) is 141 cm³/mol. The summed E-state index contributed by atoms with van der Waals surface area (Å²) in [5.74, 6) is -1.02. The molecule has 1 N–H and O–H groups in total. The van der Waals surface area contributed by atoms with E-state index in [1.54, 1.807) is 19.0 Å². The van der Waals surface area contributed by atoms with E-state index in [1.165, 1.54) is 11.0 Å². The van der Waals surface area contributed by atoms with E-state index in [4.69, 9.17) is 11.6 Å². The molecule has 4 rings (SSSR count). The first-order valence-electron chi connectivity index (χ1n) is 12.0. The second kappa shape index (κ2) is 11.2. The fourth-order valence-corrected chi connectivity index (χ4v) is 4.87. The zero-order valence-corrected chi connectivity index (χ0v) is 21.2. The van der Waals surface area contributed by atoms with Crippen LogP contribution in [0.4, 0.5) is 13.6 Å². The Morgan fingerprint density at radius 1 is 1.06 bits per heavy atom. The number of urea groups is 1. The zero-order chi connectivity index (χ0) is 25.7. The molecule has 0 bridgehead atoms. The zero-order valence-electron chi connectivity index (χ0n) is 20.5. The molecule has 0 aromatic heterocycles. The Morgan fingerprint density at radius 2 is 1.78 bits per heavy atom. The molecule has 36 heavy (non-hydrogen) atoms. The van der Waals surface area contributed by atoms with Crippen molar-refractivity contribution in [2.45, 2.75) is 24.9 Å². The largest absolute Gasteiger partial charge is 0.331 e. The molecule has 0 spiro atoms. The molecular formula is C29H30ClF2N3O. The Morgan fingerprint density at radius 3 is 2.47 bits per heavy atom. The van der Waals surface area contributed by atoms with Gasteiger partial charge in [-0.15, -0.1) is 0 Å². The van der Waals surface area contributed by atoms with Gasteiger partial charge in [-0.05, 0) is 72.5 Å². The minimum Gasteiger partial charge on any atom is -0.331 e. The third kappa shape index (κ3) is 5.61. The van der Waals surface area contributed by atoms with E-state index < -0.39 is 17.2 Å². The topological polar surface area (TPSA) is 35.6 Å². The lowest BCUT2D eigenvalue weighted by atomic mass is 9.84. The fourth-order valence-electron chi connectivity index (χ4n) is 4.74. The standard InChI is InChI=1S/C29H30ClF2N3O/c1-34(2)28(36)35-20-22(26-17-25(31)13-14-27(26)32)18-29(35,23-7-4-3-5-8-23)15-6-16-33-19-21-9-11-24(30)12-10-21/h3-5,7-14,17-18,33H,6,15-16,19-20H2,1-2H3. The first-order chi connectivity index (χ1) is 17.3. The van der Waals surface area contributed by atoms with E-state index in [2.05, 4.69) is 5.32 Å². The summed E-state index contributed by atoms with van der Waals surface area (Å²) in [5.41, 5.74) is 2.06. The predicted octanol–water partition coefficient (Wildman–Crippen LogP) is 6.46. The van der Waals surface area contributed by atoms with Gasteiger partial charge in [0.05, 0.1) is 5.54 Å². The van der Waals surface area contributed by atoms with Gasteiger partial charge in [0.15, 0.2) is 0 Å². The summed E-state index contributed by atoms with van der Waals surface area (Å²) >= 11 is 5.97. The van der Waals surface area contributed by atoms with E-state index in [9.17, 15) is 13.6 Å². The van der Waals surface area contributed by atoms with E-state index in [-0.39, 0.29) is 18.1 Å². The highest BCUT2D eigenvalue weighted by Crippen LogP contribution is 2.44. The highest BCUT2D eigenvalue weighted by atomic mass is 35.5. The molecule has 0 saturated carbocycles. The number of hydrogen-bond donors (Lipinski definition) is 1. The Balaban J connectivity index is 1.63. The highest BCUT2D eigenvalue weighted by molar-refractivity contribution is 6.30. The minimum atomic E-state index is -0.793. The van der Waals surface area contributed by atoms with Crippen LogP contribution in [0.2, 0.25) is 5.02 Å². The van der Waals surface area contributed by atoms with Gasteiger partial charge in [-0.1, -0.05) is 54.1 Å². The van der Waals surface area contributed by atoms with Gasteiger partial charge in [0, 0.05) is 37.8 Å². The van der Waals surface area contributed by atoms with E-state index in [1.807, 2.05) is 60.7 Å². The van der Waals surface area contributed by atoms with Gasteiger partial charge in [-0.2, -0.15) is 0 Å². The van der Waals surface area contributed by atoms with Crippen molar-refractivity contribution in [3.63, 3.8) is 0 Å². The Hall–Kier alpha value is -3.22. The van der Waals surface area contributed by atoms with E-state index >= 15 is 0 Å². The monoisotopic (exact) mass is 509 g/mol. The quantitative estimate of drug-likeness (QED) is 0.353. The lowest BCUT2D eigenvalue weighted by Gasteiger charge is -2.40. The Kier molecular flexibility index (Phi) is 8.07. The van der Waals surface area contributed by atoms with E-state index in [0.717, 1.165) is 36.2 Å². The molecule has 3 aromatic carbocycles. The van der Waals surface area contributed by atoms with Crippen LogP contribution in [0.3, 0.4) is 0 Å². The average molecular weight is 510 g/mol. The van der Waals surface area contributed by atoms with Crippen LogP contribution in [0.15, 0.2) is 78.9 Å². The third-order valence-corrected chi connectivity index (χ3v) is 6.79. The molecule has 188 valence electrons. The first-order valence-corrected chi connectivity index (χ1v) is 12.3. The van der Waals surface area contributed by atoms with Crippen LogP contribution in [0.5, 0.6) is 0 Å². The molecule has 1 atom stereocenters. The minimum absolute atomic E-state index is 0.184. The van der Waals surface area contributed by atoms with Crippen LogP contribution in [-0.4, -0.2) is 43.0 Å². The third-order valence-electron chi connectivity index (χ3n) is 6.54. The normalized spacial score (nSPS) is 17.2. The Bertz CT molecular complexity index is 1230. The number of carbonyl (C=O) groups is 1. The molecule has 1 aliphatic rings. The summed E-state index contributed by atoms with van der Waals surface area (Å²) in [7, 11) is 3.40. The van der Waals surface area contributed by atoms with Gasteiger partial charge in [-0.3, -0.25) is 0 Å². The molecule has 1 heterocycles. The molecule has 7 heteroatoms. The van der Waals surface area contributed by atoms with Crippen LogP contribution in [0, 0.1) is 11.6 Å². The van der Waals surface area contributed by atoms with Gasteiger partial charge >= 0.3 is 6.03 Å². The molecule has 2 amide bonds. The van der Waals surface area contributed by atoms with Crippen molar-refractivity contribution >= 4 is 23.2 Å². The second-order valence-electron chi connectivity index (χ2n) is 9.25. The summed E-state index contributed by atoms with van der Waals surface area (Å²) in [4.78, 5) is 16.7. The van der Waals surface area contributed by atoms with Crippen LogP contribution >= 0.6 is 11.6 Å². The van der Waals surface area contributed by atoms with Gasteiger partial charge in [-0.25, -0.2) is 13.6 Å². The summed E-state index contributed by atoms with van der Waals surface area (Å²) in [6, 6.07) is 20.7. The number of amides is 2. The molecule has 0 fully saturated rings. The number of nitrogens with zero attached hydrogens (tertiary/aromatic N) is 2. The van der Waals surface area contributed by atoms with Gasteiger partial charge in [0.1, 0.15) is 11.6 Å². The van der Waals surface area contributed by atoms with Crippen molar-refractivity contribution < 1.29 is 13.6 Å². The number of benzene rings is 3. The van der Waals surface area contributed by atoms with Gasteiger partial charge in [0.2, 0.25) is 0 Å². The lowest BCUT2D eigenvalue weighted by molar-refractivity contribution is 0.130. The molecule has 1 aliphatic heterocycles. The van der Waals surface area contributed by atoms with Gasteiger partial charge in [0.25, 0.3) is 0 Å².